The number of nitrogens with zero attached hydrogens (tertiary/aromatic N) is 3. The van der Waals surface area contributed by atoms with Crippen molar-refractivity contribution in [3.8, 4) is 5.75 Å². The lowest BCUT2D eigenvalue weighted by atomic mass is 10.1. The Morgan fingerprint density at radius 1 is 1.11 bits per heavy atom. The minimum absolute atomic E-state index is 0.0177. The summed E-state index contributed by atoms with van der Waals surface area (Å²) in [6.07, 6.45) is 0.713. The highest BCUT2D eigenvalue weighted by molar-refractivity contribution is 7.90. The molecule has 0 aliphatic rings. The Kier molecular flexibility index (Phi) is 10.0. The van der Waals surface area contributed by atoms with E-state index in [0.29, 0.717) is 28.6 Å². The Bertz CT molecular complexity index is 1130. The molecule has 0 aliphatic heterocycles. The Hall–Kier alpha value is -3.18. The van der Waals surface area contributed by atoms with Gasteiger partial charge in [-0.05, 0) is 43.2 Å². The summed E-state index contributed by atoms with van der Waals surface area (Å²) in [5, 5.41) is 2.76. The van der Waals surface area contributed by atoms with Gasteiger partial charge in [-0.1, -0.05) is 31.2 Å². The molecular weight excluding hydrogens is 475 g/mol. The lowest BCUT2D eigenvalue weighted by Crippen LogP contribution is -2.52. The Labute approximate surface area is 206 Å². The molecule has 1 atom stereocenters. The van der Waals surface area contributed by atoms with Gasteiger partial charge in [-0.15, -0.1) is 0 Å². The first-order chi connectivity index (χ1) is 16.5. The van der Waals surface area contributed by atoms with Gasteiger partial charge < -0.3 is 15.0 Å². The number of hydrogen-bond donors (Lipinski definition) is 1. The molecule has 35 heavy (non-hydrogen) atoms. The van der Waals surface area contributed by atoms with E-state index in [9.17, 15) is 22.4 Å². The summed E-state index contributed by atoms with van der Waals surface area (Å²) in [6.45, 7) is 3.22. The summed E-state index contributed by atoms with van der Waals surface area (Å²) in [6, 6.07) is 11.4. The molecule has 11 heteroatoms. The number of para-hydroxylation sites is 1. The molecule has 0 fully saturated rings. The maximum Gasteiger partial charge on any atom is 0.304 e. The lowest BCUT2D eigenvalue weighted by molar-refractivity contribution is -0.139. The molecule has 9 nitrogen and oxygen atoms in total. The molecule has 2 aromatic rings. The maximum absolute atomic E-state index is 14.6. The number of methoxy groups -OCH3 is 1. The number of amides is 2. The third-order valence-electron chi connectivity index (χ3n) is 5.34. The highest BCUT2D eigenvalue weighted by Crippen LogP contribution is 2.24. The normalized spacial score (nSPS) is 12.2. The summed E-state index contributed by atoms with van der Waals surface area (Å²) >= 11 is 0. The first kappa shape index (κ1) is 28.1. The van der Waals surface area contributed by atoms with Gasteiger partial charge in [-0.3, -0.25) is 9.59 Å². The molecule has 1 N–H and O–H groups in total. The van der Waals surface area contributed by atoms with Crippen LogP contribution in [0.4, 0.5) is 10.1 Å². The van der Waals surface area contributed by atoms with Crippen LogP contribution in [-0.2, 0) is 26.3 Å². The van der Waals surface area contributed by atoms with E-state index in [-0.39, 0.29) is 18.1 Å². The monoisotopic (exact) mass is 508 g/mol. The number of ether oxygens (including phenoxy) is 1. The van der Waals surface area contributed by atoms with Gasteiger partial charge in [-0.25, -0.2) is 8.70 Å². The number of carbonyl (C=O) groups excluding carboxylic acids is 2. The van der Waals surface area contributed by atoms with Crippen molar-refractivity contribution in [3.63, 3.8) is 0 Å². The van der Waals surface area contributed by atoms with Gasteiger partial charge in [0.1, 0.15) is 24.2 Å². The molecule has 0 heterocycles. The molecule has 192 valence electrons. The van der Waals surface area contributed by atoms with Crippen molar-refractivity contribution in [2.24, 2.45) is 0 Å². The van der Waals surface area contributed by atoms with Crippen molar-refractivity contribution < 1.29 is 27.1 Å². The van der Waals surface area contributed by atoms with E-state index in [2.05, 4.69) is 5.32 Å². The Morgan fingerprint density at radius 3 is 2.40 bits per heavy atom. The van der Waals surface area contributed by atoms with Crippen LogP contribution in [0.3, 0.4) is 0 Å². The van der Waals surface area contributed by atoms with Crippen LogP contribution < -0.4 is 14.4 Å². The quantitative estimate of drug-likeness (QED) is 0.475. The summed E-state index contributed by atoms with van der Waals surface area (Å²) in [5.74, 6) is -1.27. The zero-order chi connectivity index (χ0) is 26.2. The van der Waals surface area contributed by atoms with Crippen molar-refractivity contribution >= 4 is 27.7 Å². The van der Waals surface area contributed by atoms with E-state index in [1.807, 2.05) is 6.92 Å². The van der Waals surface area contributed by atoms with Crippen LogP contribution in [0.1, 0.15) is 25.8 Å². The van der Waals surface area contributed by atoms with Crippen LogP contribution in [-0.4, -0.2) is 69.8 Å². The van der Waals surface area contributed by atoms with Crippen LogP contribution in [0, 0.1) is 5.82 Å². The summed E-state index contributed by atoms with van der Waals surface area (Å²) in [7, 11) is -0.125. The van der Waals surface area contributed by atoms with Gasteiger partial charge in [0.05, 0.1) is 12.8 Å². The fraction of sp³-hybridized carbons (Fsp3) is 0.417. The highest BCUT2D eigenvalue weighted by atomic mass is 32.2. The molecule has 2 aromatic carbocycles. The summed E-state index contributed by atoms with van der Waals surface area (Å²) in [4.78, 5) is 27.6. The van der Waals surface area contributed by atoms with Crippen LogP contribution in [0.5, 0.6) is 5.75 Å². The minimum atomic E-state index is -4.23. The zero-order valence-electron chi connectivity index (χ0n) is 20.7. The standard InChI is InChI=1S/C24H33FN4O5S/c1-6-14-26-24(31)18(2)28(16-19-10-9-11-20(15-19)34-5)23(30)17-29(35(32,33)27(3)4)22-13-8-7-12-21(22)25/h7-13,15,18H,6,14,16-17H2,1-5H3,(H,26,31). The molecule has 2 amide bonds. The molecule has 0 radical (unpaired) electrons. The van der Waals surface area contributed by atoms with Crippen molar-refractivity contribution in [1.29, 1.82) is 0 Å². The number of nitrogens with one attached hydrogen (secondary N) is 1. The van der Waals surface area contributed by atoms with Crippen molar-refractivity contribution in [1.82, 2.24) is 14.5 Å². The highest BCUT2D eigenvalue weighted by Gasteiger charge is 2.33. The zero-order valence-corrected chi connectivity index (χ0v) is 21.5. The smallest absolute Gasteiger partial charge is 0.304 e. The van der Waals surface area contributed by atoms with E-state index >= 15 is 0 Å². The first-order valence-electron chi connectivity index (χ1n) is 11.2. The largest absolute Gasteiger partial charge is 0.497 e. The average Bonchev–Trinajstić information content (AvgIpc) is 2.84. The van der Waals surface area contributed by atoms with Gasteiger partial charge in [-0.2, -0.15) is 12.7 Å². The lowest BCUT2D eigenvalue weighted by Gasteiger charge is -2.33. The SMILES string of the molecule is CCCNC(=O)C(C)N(Cc1cccc(OC)c1)C(=O)CN(c1ccccc1F)S(=O)(=O)N(C)C. The third kappa shape index (κ3) is 7.15. The average molecular weight is 509 g/mol. The van der Waals surface area contributed by atoms with Crippen molar-refractivity contribution in [3.05, 3.63) is 59.9 Å². The second-order valence-corrected chi connectivity index (χ2v) is 10.2. The van der Waals surface area contributed by atoms with Crippen molar-refractivity contribution in [2.75, 3.05) is 38.6 Å². The van der Waals surface area contributed by atoms with Gasteiger partial charge in [0.15, 0.2) is 0 Å². The Balaban J connectivity index is 2.47. The fourth-order valence-corrected chi connectivity index (χ4v) is 4.37. The number of halogens is 1. The van der Waals surface area contributed by atoms with Crippen LogP contribution in [0.15, 0.2) is 48.5 Å². The number of carbonyl (C=O) groups is 2. The molecule has 1 unspecified atom stereocenters. The van der Waals surface area contributed by atoms with E-state index in [0.717, 1.165) is 10.4 Å². The maximum atomic E-state index is 14.6. The van der Waals surface area contributed by atoms with Crippen molar-refractivity contribution in [2.45, 2.75) is 32.9 Å². The number of anilines is 1. The second kappa shape index (κ2) is 12.5. The number of benzene rings is 2. The van der Waals surface area contributed by atoms with E-state index in [1.54, 1.807) is 31.2 Å². The van der Waals surface area contributed by atoms with Gasteiger partial charge >= 0.3 is 10.2 Å². The summed E-state index contributed by atoms with van der Waals surface area (Å²) in [5.41, 5.74) is 0.416. The topological polar surface area (TPSA) is 99.3 Å². The molecule has 0 aromatic heterocycles. The van der Waals surface area contributed by atoms with E-state index in [1.165, 1.54) is 44.3 Å². The molecule has 2 rings (SSSR count). The number of rotatable bonds is 12. The third-order valence-corrected chi connectivity index (χ3v) is 7.15. The molecule has 0 bridgehead atoms. The van der Waals surface area contributed by atoms with Crippen LogP contribution in [0.2, 0.25) is 0 Å². The molecule has 0 saturated carbocycles. The molecule has 0 aliphatic carbocycles. The van der Waals surface area contributed by atoms with Gasteiger partial charge in [0.25, 0.3) is 0 Å². The minimum Gasteiger partial charge on any atom is -0.497 e. The second-order valence-electron chi connectivity index (χ2n) is 8.09. The van der Waals surface area contributed by atoms with E-state index < -0.39 is 34.5 Å². The van der Waals surface area contributed by atoms with E-state index in [4.69, 9.17) is 4.74 Å². The molecule has 0 spiro atoms. The number of hydrogen-bond acceptors (Lipinski definition) is 5. The van der Waals surface area contributed by atoms with Gasteiger partial charge in [0, 0.05) is 27.2 Å². The molecular formula is C24H33FN4O5S. The van der Waals surface area contributed by atoms with Crippen LogP contribution in [0.25, 0.3) is 0 Å². The first-order valence-corrected chi connectivity index (χ1v) is 12.6. The predicted octanol–water partition coefficient (Wildman–Crippen LogP) is 2.39. The Morgan fingerprint density at radius 2 is 1.80 bits per heavy atom. The summed E-state index contributed by atoms with van der Waals surface area (Å²) < 4.78 is 47.6. The van der Waals surface area contributed by atoms with Gasteiger partial charge in [0.2, 0.25) is 11.8 Å². The fourth-order valence-electron chi connectivity index (χ4n) is 3.30. The van der Waals surface area contributed by atoms with Crippen LogP contribution >= 0.6 is 0 Å². The predicted molar refractivity (Wildman–Crippen MR) is 133 cm³/mol. The molecule has 0 saturated heterocycles.